The van der Waals surface area contributed by atoms with Gasteiger partial charge in [0.15, 0.2) is 17.2 Å². The molecule has 0 fully saturated rings. The summed E-state index contributed by atoms with van der Waals surface area (Å²) in [6.45, 7) is 1.22. The van der Waals surface area contributed by atoms with E-state index in [0.29, 0.717) is 0 Å². The molecule has 0 unspecified atom stereocenters. The summed E-state index contributed by atoms with van der Waals surface area (Å²) < 4.78 is 20.7. The first-order valence-electron chi connectivity index (χ1n) is 5.58. The van der Waals surface area contributed by atoms with Gasteiger partial charge < -0.3 is 4.74 Å². The van der Waals surface area contributed by atoms with Gasteiger partial charge in [-0.25, -0.2) is 9.07 Å². The van der Waals surface area contributed by atoms with Crippen LogP contribution < -0.4 is 10.2 Å². The van der Waals surface area contributed by atoms with Crippen LogP contribution in [0.1, 0.15) is 17.4 Å². The van der Waals surface area contributed by atoms with E-state index in [9.17, 15) is 14.0 Å². The molecule has 7 heteroatoms. The molecule has 0 aliphatic rings. The summed E-state index contributed by atoms with van der Waals surface area (Å²) in [6.07, 6.45) is 1.25. The molecule has 1 heterocycles. The molecule has 0 bridgehead atoms. The molecule has 2 rings (SSSR count). The maximum absolute atomic E-state index is 13.9. The van der Waals surface area contributed by atoms with E-state index in [1.165, 1.54) is 32.4 Å². The van der Waals surface area contributed by atoms with Crippen molar-refractivity contribution in [2.45, 2.75) is 6.92 Å². The van der Waals surface area contributed by atoms with Crippen LogP contribution in [0.15, 0.2) is 29.2 Å². The molecule has 0 N–H and O–H groups in total. The monoisotopic (exact) mass is 388 g/mol. The van der Waals surface area contributed by atoms with Crippen molar-refractivity contribution in [1.82, 2.24) is 9.78 Å². The number of methoxy groups -OCH3 is 1. The van der Waals surface area contributed by atoms with Crippen molar-refractivity contribution in [3.05, 3.63) is 49.7 Å². The summed E-state index contributed by atoms with van der Waals surface area (Å²) in [5, 5.41) is 3.87. The number of benzene rings is 1. The van der Waals surface area contributed by atoms with Gasteiger partial charge in [-0.1, -0.05) is 0 Å². The molecule has 0 spiro atoms. The molecule has 0 saturated carbocycles. The van der Waals surface area contributed by atoms with Crippen LogP contribution in [0.4, 0.5) is 4.39 Å². The molecule has 20 heavy (non-hydrogen) atoms. The second-order valence-electron chi connectivity index (χ2n) is 3.97. The lowest BCUT2D eigenvalue weighted by atomic mass is 10.2. The number of carbonyl (C=O) groups excluding carboxylic acids is 1. The highest BCUT2D eigenvalue weighted by Crippen LogP contribution is 2.17. The molecule has 0 aliphatic heterocycles. The minimum absolute atomic E-state index is 0.0665. The summed E-state index contributed by atoms with van der Waals surface area (Å²) in [6, 6.07) is 4.53. The van der Waals surface area contributed by atoms with Gasteiger partial charge in [-0.2, -0.15) is 5.10 Å². The van der Waals surface area contributed by atoms with Crippen molar-refractivity contribution >= 4 is 28.4 Å². The highest BCUT2D eigenvalue weighted by Gasteiger charge is 2.16. The fourth-order valence-corrected chi connectivity index (χ4v) is 2.09. The molecule has 0 aliphatic carbocycles. The van der Waals surface area contributed by atoms with Crippen LogP contribution in [-0.4, -0.2) is 22.7 Å². The van der Waals surface area contributed by atoms with E-state index in [4.69, 9.17) is 4.74 Å². The molecule has 5 nitrogen and oxygen atoms in total. The van der Waals surface area contributed by atoms with E-state index in [1.54, 1.807) is 6.07 Å². The number of ketones is 1. The normalized spacial score (nSPS) is 10.4. The fourth-order valence-electron chi connectivity index (χ4n) is 1.63. The van der Waals surface area contributed by atoms with Gasteiger partial charge in [-0.05, 0) is 40.8 Å². The van der Waals surface area contributed by atoms with E-state index in [2.05, 4.69) is 5.10 Å². The Hall–Kier alpha value is -1.77. The van der Waals surface area contributed by atoms with Crippen molar-refractivity contribution < 1.29 is 13.9 Å². The summed E-state index contributed by atoms with van der Waals surface area (Å²) in [5.41, 5.74) is -0.768. The maximum Gasteiger partial charge on any atom is 0.252 e. The van der Waals surface area contributed by atoms with Crippen LogP contribution in [0.2, 0.25) is 0 Å². The lowest BCUT2D eigenvalue weighted by Gasteiger charge is -2.10. The summed E-state index contributed by atoms with van der Waals surface area (Å²) in [4.78, 5) is 23.3. The SMILES string of the molecule is COc1cn(-c2ccc(I)cc2F)nc(C(C)=O)c1=O. The predicted octanol–water partition coefficient (Wildman–Crippen LogP) is 2.19. The lowest BCUT2D eigenvalue weighted by molar-refractivity contribution is 0.100. The van der Waals surface area contributed by atoms with Crippen molar-refractivity contribution in [3.63, 3.8) is 0 Å². The van der Waals surface area contributed by atoms with Crippen LogP contribution in [0.3, 0.4) is 0 Å². The minimum Gasteiger partial charge on any atom is -0.491 e. The topological polar surface area (TPSA) is 61.2 Å². The van der Waals surface area contributed by atoms with E-state index in [1.807, 2.05) is 22.6 Å². The molecule has 1 aromatic heterocycles. The van der Waals surface area contributed by atoms with Gasteiger partial charge in [0.25, 0.3) is 5.43 Å². The average Bonchev–Trinajstić information content (AvgIpc) is 2.39. The molecule has 0 saturated heterocycles. The third-order valence-electron chi connectivity index (χ3n) is 2.60. The van der Waals surface area contributed by atoms with Gasteiger partial charge in [-0.15, -0.1) is 0 Å². The molecular formula is C13H10FIN2O3. The number of Topliss-reactive ketones (excluding diaryl/α,β-unsaturated/α-hetero) is 1. The first-order chi connectivity index (χ1) is 9.43. The maximum atomic E-state index is 13.9. The van der Waals surface area contributed by atoms with Crippen molar-refractivity contribution in [3.8, 4) is 11.4 Å². The number of carbonyl (C=O) groups is 1. The second kappa shape index (κ2) is 5.70. The van der Waals surface area contributed by atoms with Crippen LogP contribution in [0, 0.1) is 9.39 Å². The molecule has 2 aromatic rings. The Morgan fingerprint density at radius 3 is 2.70 bits per heavy atom. The fraction of sp³-hybridized carbons (Fsp3) is 0.154. The summed E-state index contributed by atoms with van der Waals surface area (Å²) in [5.74, 6) is -1.08. The largest absolute Gasteiger partial charge is 0.491 e. The van der Waals surface area contributed by atoms with E-state index in [0.717, 1.165) is 8.25 Å². The standard InChI is InChI=1S/C13H10FIN2O3/c1-7(18)12-13(19)11(20-2)6-17(16-12)10-4-3-8(15)5-9(10)14/h3-6H,1-2H3. The highest BCUT2D eigenvalue weighted by molar-refractivity contribution is 14.1. The zero-order chi connectivity index (χ0) is 14.9. The molecule has 0 radical (unpaired) electrons. The minimum atomic E-state index is -0.609. The molecule has 0 atom stereocenters. The van der Waals surface area contributed by atoms with Gasteiger partial charge in [0, 0.05) is 10.5 Å². The smallest absolute Gasteiger partial charge is 0.252 e. The van der Waals surface area contributed by atoms with Gasteiger partial charge in [0.1, 0.15) is 11.5 Å². The summed E-state index contributed by atoms with van der Waals surface area (Å²) >= 11 is 1.98. The second-order valence-corrected chi connectivity index (χ2v) is 5.22. The Morgan fingerprint density at radius 2 is 2.15 bits per heavy atom. The average molecular weight is 388 g/mol. The lowest BCUT2D eigenvalue weighted by Crippen LogP contribution is -2.22. The number of hydrogen-bond donors (Lipinski definition) is 0. The number of rotatable bonds is 3. The zero-order valence-corrected chi connectivity index (χ0v) is 12.8. The Labute approximate surface area is 127 Å². The summed E-state index contributed by atoms with van der Waals surface area (Å²) in [7, 11) is 1.30. The van der Waals surface area contributed by atoms with Crippen molar-refractivity contribution in [2.75, 3.05) is 7.11 Å². The first kappa shape index (κ1) is 14.6. The van der Waals surface area contributed by atoms with E-state index < -0.39 is 17.0 Å². The predicted molar refractivity (Wildman–Crippen MR) is 79.1 cm³/mol. The third kappa shape index (κ3) is 2.72. The van der Waals surface area contributed by atoms with E-state index in [-0.39, 0.29) is 17.1 Å². The van der Waals surface area contributed by atoms with Gasteiger partial charge in [-0.3, -0.25) is 9.59 Å². The highest BCUT2D eigenvalue weighted by atomic mass is 127. The number of nitrogens with zero attached hydrogens (tertiary/aromatic N) is 2. The van der Waals surface area contributed by atoms with Gasteiger partial charge in [0.05, 0.1) is 13.3 Å². The van der Waals surface area contributed by atoms with E-state index >= 15 is 0 Å². The van der Waals surface area contributed by atoms with Gasteiger partial charge in [0.2, 0.25) is 0 Å². The Bertz CT molecular complexity index is 743. The van der Waals surface area contributed by atoms with Crippen molar-refractivity contribution in [1.29, 1.82) is 0 Å². The van der Waals surface area contributed by atoms with Crippen molar-refractivity contribution in [2.24, 2.45) is 0 Å². The molecule has 0 amide bonds. The molecular weight excluding hydrogens is 378 g/mol. The molecule has 104 valence electrons. The molecule has 1 aromatic carbocycles. The number of hydrogen-bond acceptors (Lipinski definition) is 4. The number of ether oxygens (including phenoxy) is 1. The van der Waals surface area contributed by atoms with Crippen LogP contribution in [0.5, 0.6) is 5.75 Å². The van der Waals surface area contributed by atoms with Crippen LogP contribution in [0.25, 0.3) is 5.69 Å². The first-order valence-corrected chi connectivity index (χ1v) is 6.66. The number of aromatic nitrogens is 2. The van der Waals surface area contributed by atoms with Gasteiger partial charge >= 0.3 is 0 Å². The quantitative estimate of drug-likeness (QED) is 0.598. The van der Waals surface area contributed by atoms with Crippen LogP contribution in [-0.2, 0) is 0 Å². The Morgan fingerprint density at radius 1 is 1.45 bits per heavy atom. The zero-order valence-electron chi connectivity index (χ0n) is 10.7. The Kier molecular flexibility index (Phi) is 4.17. The van der Waals surface area contributed by atoms with Crippen LogP contribution >= 0.6 is 22.6 Å². The third-order valence-corrected chi connectivity index (χ3v) is 3.27. The Balaban J connectivity index is 2.71. The number of halogens is 2.